The Bertz CT molecular complexity index is 409. The molecule has 0 aliphatic carbocycles. The summed E-state index contributed by atoms with van der Waals surface area (Å²) >= 11 is 1.56. The van der Waals surface area contributed by atoms with E-state index in [1.165, 1.54) is 5.56 Å². The molecule has 0 spiro atoms. The fourth-order valence-corrected chi connectivity index (χ4v) is 2.39. The van der Waals surface area contributed by atoms with E-state index in [0.29, 0.717) is 25.5 Å². The van der Waals surface area contributed by atoms with Gasteiger partial charge in [0.05, 0.1) is 12.4 Å². The molecule has 0 aliphatic rings. The summed E-state index contributed by atoms with van der Waals surface area (Å²) in [4.78, 5) is 12.7. The minimum atomic E-state index is 0.0506. The van der Waals surface area contributed by atoms with Gasteiger partial charge in [-0.05, 0) is 30.0 Å². The summed E-state index contributed by atoms with van der Waals surface area (Å²) in [7, 11) is 0. The zero-order valence-corrected chi connectivity index (χ0v) is 13.7. The van der Waals surface area contributed by atoms with Gasteiger partial charge in [0.1, 0.15) is 0 Å². The van der Waals surface area contributed by atoms with E-state index in [-0.39, 0.29) is 11.3 Å². The van der Waals surface area contributed by atoms with Gasteiger partial charge in [-0.1, -0.05) is 32.9 Å². The van der Waals surface area contributed by atoms with Gasteiger partial charge in [0.2, 0.25) is 5.91 Å². The van der Waals surface area contributed by atoms with Crippen molar-refractivity contribution in [1.82, 2.24) is 5.32 Å². The Morgan fingerprint density at radius 3 is 2.45 bits per heavy atom. The van der Waals surface area contributed by atoms with Gasteiger partial charge < -0.3 is 10.1 Å². The lowest BCUT2D eigenvalue weighted by Crippen LogP contribution is -2.28. The van der Waals surface area contributed by atoms with E-state index < -0.39 is 0 Å². The molecule has 0 heterocycles. The van der Waals surface area contributed by atoms with Crippen LogP contribution < -0.4 is 5.32 Å². The minimum Gasteiger partial charge on any atom is -0.380 e. The van der Waals surface area contributed by atoms with Gasteiger partial charge >= 0.3 is 0 Å². The van der Waals surface area contributed by atoms with Crippen LogP contribution in [0.5, 0.6) is 0 Å². The summed E-state index contributed by atoms with van der Waals surface area (Å²) in [6, 6.07) is 8.43. The highest BCUT2D eigenvalue weighted by Gasteiger charge is 2.13. The summed E-state index contributed by atoms with van der Waals surface area (Å²) in [5.41, 5.74) is 1.47. The second-order valence-corrected chi connectivity index (χ2v) is 6.66. The third-order valence-corrected chi connectivity index (χ3v) is 3.87. The molecule has 1 rings (SSSR count). The highest BCUT2D eigenvalue weighted by molar-refractivity contribution is 8.00. The highest BCUT2D eigenvalue weighted by Crippen LogP contribution is 2.25. The van der Waals surface area contributed by atoms with E-state index in [4.69, 9.17) is 4.74 Å². The topological polar surface area (TPSA) is 38.3 Å². The van der Waals surface area contributed by atoms with Gasteiger partial charge in [0.15, 0.2) is 0 Å². The lowest BCUT2D eigenvalue weighted by Gasteiger charge is -2.19. The summed E-state index contributed by atoms with van der Waals surface area (Å²) in [6.45, 7) is 10.4. The Morgan fingerprint density at radius 1 is 1.25 bits per heavy atom. The lowest BCUT2D eigenvalue weighted by molar-refractivity contribution is -0.118. The van der Waals surface area contributed by atoms with Crippen LogP contribution >= 0.6 is 11.8 Å². The third-order valence-electron chi connectivity index (χ3n) is 2.86. The summed E-state index contributed by atoms with van der Waals surface area (Å²) in [6.07, 6.45) is 0. The number of amides is 1. The van der Waals surface area contributed by atoms with Crippen LogP contribution in [0.2, 0.25) is 0 Å². The number of benzene rings is 1. The van der Waals surface area contributed by atoms with Crippen molar-refractivity contribution < 1.29 is 9.53 Å². The maximum absolute atomic E-state index is 11.6. The quantitative estimate of drug-likeness (QED) is 0.620. The van der Waals surface area contributed by atoms with Crippen molar-refractivity contribution in [3.63, 3.8) is 0 Å². The standard InChI is InChI=1S/C16H25NO2S/c1-5-19-11-10-17-15(18)12-20-14-8-6-13(7-9-14)16(2,3)4/h6-9H,5,10-12H2,1-4H3,(H,17,18). The van der Waals surface area contributed by atoms with Gasteiger partial charge in [0.25, 0.3) is 0 Å². The van der Waals surface area contributed by atoms with Crippen molar-refractivity contribution in [3.8, 4) is 0 Å². The molecule has 0 fully saturated rings. The average Bonchev–Trinajstić information content (AvgIpc) is 2.41. The molecule has 3 nitrogen and oxygen atoms in total. The first kappa shape index (κ1) is 17.1. The molecule has 0 aromatic heterocycles. The van der Waals surface area contributed by atoms with Crippen LogP contribution in [0.25, 0.3) is 0 Å². The molecule has 1 N–H and O–H groups in total. The number of thioether (sulfide) groups is 1. The molecule has 1 amide bonds. The number of carbonyl (C=O) groups is 1. The molecule has 1 aromatic carbocycles. The van der Waals surface area contributed by atoms with Gasteiger partial charge in [-0.2, -0.15) is 0 Å². The van der Waals surface area contributed by atoms with Crippen molar-refractivity contribution in [2.24, 2.45) is 0 Å². The maximum atomic E-state index is 11.6. The van der Waals surface area contributed by atoms with Crippen molar-refractivity contribution in [2.75, 3.05) is 25.5 Å². The number of ether oxygens (including phenoxy) is 1. The van der Waals surface area contributed by atoms with Gasteiger partial charge in [-0.25, -0.2) is 0 Å². The van der Waals surface area contributed by atoms with E-state index in [1.54, 1.807) is 11.8 Å². The molecule has 112 valence electrons. The first-order valence-electron chi connectivity index (χ1n) is 7.01. The Labute approximate surface area is 126 Å². The zero-order valence-electron chi connectivity index (χ0n) is 12.9. The zero-order chi connectivity index (χ0) is 15.0. The van der Waals surface area contributed by atoms with Crippen molar-refractivity contribution in [2.45, 2.75) is 38.0 Å². The Morgan fingerprint density at radius 2 is 1.90 bits per heavy atom. The van der Waals surface area contributed by atoms with Crippen LogP contribution in [0, 0.1) is 0 Å². The number of rotatable bonds is 7. The van der Waals surface area contributed by atoms with E-state index >= 15 is 0 Å². The van der Waals surface area contributed by atoms with E-state index in [9.17, 15) is 4.79 Å². The van der Waals surface area contributed by atoms with Crippen LogP contribution in [0.15, 0.2) is 29.2 Å². The summed E-state index contributed by atoms with van der Waals surface area (Å²) in [5.74, 6) is 0.496. The Hall–Kier alpha value is -1.00. The SMILES string of the molecule is CCOCCNC(=O)CSc1ccc(C(C)(C)C)cc1. The molecule has 0 aliphatic heterocycles. The van der Waals surface area contributed by atoms with Crippen LogP contribution in [-0.4, -0.2) is 31.4 Å². The molecule has 0 radical (unpaired) electrons. The number of hydrogen-bond donors (Lipinski definition) is 1. The Balaban J connectivity index is 2.33. The summed E-state index contributed by atoms with van der Waals surface area (Å²) < 4.78 is 5.17. The van der Waals surface area contributed by atoms with Crippen molar-refractivity contribution in [3.05, 3.63) is 29.8 Å². The molecular formula is C16H25NO2S. The fraction of sp³-hybridized carbons (Fsp3) is 0.562. The van der Waals surface area contributed by atoms with Crippen LogP contribution in [-0.2, 0) is 14.9 Å². The molecule has 20 heavy (non-hydrogen) atoms. The first-order chi connectivity index (χ1) is 9.43. The first-order valence-corrected chi connectivity index (χ1v) is 8.00. The second kappa shape index (κ2) is 8.32. The fourth-order valence-electron chi connectivity index (χ4n) is 1.66. The summed E-state index contributed by atoms with van der Waals surface area (Å²) in [5, 5.41) is 2.84. The molecule has 1 aromatic rings. The number of carbonyl (C=O) groups excluding carboxylic acids is 1. The number of hydrogen-bond acceptors (Lipinski definition) is 3. The Kier molecular flexibility index (Phi) is 7.10. The molecule has 0 unspecified atom stereocenters. The van der Waals surface area contributed by atoms with Crippen molar-refractivity contribution >= 4 is 17.7 Å². The van der Waals surface area contributed by atoms with Gasteiger partial charge in [-0.15, -0.1) is 11.8 Å². The van der Waals surface area contributed by atoms with E-state index in [2.05, 4.69) is 50.4 Å². The predicted octanol–water partition coefficient (Wildman–Crippen LogP) is 3.23. The predicted molar refractivity (Wildman–Crippen MR) is 85.4 cm³/mol. The van der Waals surface area contributed by atoms with E-state index in [1.807, 2.05) is 6.92 Å². The third kappa shape index (κ3) is 6.44. The molecule has 0 saturated heterocycles. The molecule has 0 atom stereocenters. The van der Waals surface area contributed by atoms with Gasteiger partial charge in [-0.3, -0.25) is 4.79 Å². The van der Waals surface area contributed by atoms with E-state index in [0.717, 1.165) is 4.90 Å². The van der Waals surface area contributed by atoms with Crippen LogP contribution in [0.3, 0.4) is 0 Å². The normalized spacial score (nSPS) is 11.4. The van der Waals surface area contributed by atoms with Crippen molar-refractivity contribution in [1.29, 1.82) is 0 Å². The monoisotopic (exact) mass is 295 g/mol. The maximum Gasteiger partial charge on any atom is 0.230 e. The lowest BCUT2D eigenvalue weighted by atomic mass is 9.87. The molecule has 4 heteroatoms. The molecule has 0 saturated carbocycles. The highest BCUT2D eigenvalue weighted by atomic mass is 32.2. The van der Waals surface area contributed by atoms with Crippen LogP contribution in [0.1, 0.15) is 33.3 Å². The number of nitrogens with one attached hydrogen (secondary N) is 1. The second-order valence-electron chi connectivity index (χ2n) is 5.61. The minimum absolute atomic E-state index is 0.0506. The smallest absolute Gasteiger partial charge is 0.230 e. The average molecular weight is 295 g/mol. The largest absolute Gasteiger partial charge is 0.380 e. The van der Waals surface area contributed by atoms with Gasteiger partial charge in [0, 0.05) is 18.0 Å². The van der Waals surface area contributed by atoms with Crippen LogP contribution in [0.4, 0.5) is 0 Å². The molecule has 0 bridgehead atoms. The molecular weight excluding hydrogens is 270 g/mol.